The first-order valence-electron chi connectivity index (χ1n) is 7.71. The monoisotopic (exact) mass is 325 g/mol. The molecule has 0 atom stereocenters. The normalized spacial score (nSPS) is 9.96. The van der Waals surface area contributed by atoms with Crippen molar-refractivity contribution in [3.63, 3.8) is 0 Å². The molecule has 2 aromatic carbocycles. The second-order valence-electron chi connectivity index (χ2n) is 5.66. The van der Waals surface area contributed by atoms with E-state index in [0.717, 1.165) is 12.2 Å². The third-order valence-electron chi connectivity index (χ3n) is 3.69. The van der Waals surface area contributed by atoms with Gasteiger partial charge in [0.25, 0.3) is 0 Å². The lowest BCUT2D eigenvalue weighted by atomic mass is 10.2. The van der Waals surface area contributed by atoms with E-state index < -0.39 is 0 Å². The first-order chi connectivity index (χ1) is 11.5. The van der Waals surface area contributed by atoms with Crippen molar-refractivity contribution >= 4 is 17.3 Å². The van der Waals surface area contributed by atoms with Gasteiger partial charge in [-0.3, -0.25) is 0 Å². The summed E-state index contributed by atoms with van der Waals surface area (Å²) in [6, 6.07) is 18.4. The van der Waals surface area contributed by atoms with Crippen LogP contribution in [0.3, 0.4) is 0 Å². The maximum atomic E-state index is 5.66. The van der Waals surface area contributed by atoms with Crippen LogP contribution in [0.4, 0.5) is 17.3 Å². The standard InChI is InChI=1S/C14H16N2.C4H8N4/c1-16(11-12-5-3-2-4-6-12)14-9-7-13(15)8-10-14;1-7-3-6-8(2)4(7)5/h2-10H,11,15H2,1H3;3,5H,1-2H3/p+1. The molecule has 0 unspecified atom stereocenters. The second-order valence-corrected chi connectivity index (χ2v) is 5.66. The molecule has 0 radical (unpaired) electrons. The number of nitrogens with zero attached hydrogens (tertiary/aromatic N) is 4. The third kappa shape index (κ3) is 4.74. The first-order valence-corrected chi connectivity index (χ1v) is 7.71. The van der Waals surface area contributed by atoms with Crippen LogP contribution in [0.15, 0.2) is 60.9 Å². The fourth-order valence-corrected chi connectivity index (χ4v) is 2.18. The molecular weight excluding hydrogens is 300 g/mol. The maximum Gasteiger partial charge on any atom is 0.341 e. The minimum atomic E-state index is 0.657. The van der Waals surface area contributed by atoms with Gasteiger partial charge < -0.3 is 16.4 Å². The molecule has 0 aliphatic rings. The molecule has 0 spiro atoms. The fraction of sp³-hybridized carbons (Fsp3) is 0.222. The van der Waals surface area contributed by atoms with Crippen LogP contribution in [0, 0.1) is 0 Å². The van der Waals surface area contributed by atoms with E-state index in [4.69, 9.17) is 11.5 Å². The van der Waals surface area contributed by atoms with E-state index in [2.05, 4.69) is 41.3 Å². The number of nitrogen functional groups attached to an aromatic ring is 2. The number of aryl methyl sites for hydroxylation is 2. The Bertz CT molecular complexity index is 729. The summed E-state index contributed by atoms with van der Waals surface area (Å²) in [6.45, 7) is 0.907. The summed E-state index contributed by atoms with van der Waals surface area (Å²) < 4.78 is 3.36. The quantitative estimate of drug-likeness (QED) is 0.568. The molecule has 3 aromatic rings. The van der Waals surface area contributed by atoms with Gasteiger partial charge in [-0.1, -0.05) is 30.3 Å². The molecule has 0 amide bonds. The molecule has 6 nitrogen and oxygen atoms in total. The maximum absolute atomic E-state index is 5.66. The lowest BCUT2D eigenvalue weighted by molar-refractivity contribution is -0.657. The van der Waals surface area contributed by atoms with Crippen LogP contribution in [0.25, 0.3) is 0 Å². The lowest BCUT2D eigenvalue weighted by Gasteiger charge is -2.19. The summed E-state index contributed by atoms with van der Waals surface area (Å²) in [6.07, 6.45) is 1.66. The second kappa shape index (κ2) is 8.01. The smallest absolute Gasteiger partial charge is 0.341 e. The summed E-state index contributed by atoms with van der Waals surface area (Å²) in [4.78, 5) is 2.20. The van der Waals surface area contributed by atoms with Crippen molar-refractivity contribution < 1.29 is 4.57 Å². The lowest BCUT2D eigenvalue weighted by Crippen LogP contribution is -2.29. The topological polar surface area (TPSA) is 77.0 Å². The molecular formula is C18H25N6+. The van der Waals surface area contributed by atoms with E-state index in [-0.39, 0.29) is 0 Å². The number of aromatic nitrogens is 3. The summed E-state index contributed by atoms with van der Waals surface area (Å²) in [7, 11) is 5.73. The number of nitrogens with two attached hydrogens (primary N) is 2. The average Bonchev–Trinajstić information content (AvgIpc) is 2.88. The first kappa shape index (κ1) is 17.3. The molecule has 0 aliphatic carbocycles. The van der Waals surface area contributed by atoms with E-state index in [0.29, 0.717) is 5.95 Å². The summed E-state index contributed by atoms with van der Waals surface area (Å²) in [5.41, 5.74) is 14.4. The van der Waals surface area contributed by atoms with Crippen molar-refractivity contribution in [1.29, 1.82) is 0 Å². The highest BCUT2D eigenvalue weighted by Crippen LogP contribution is 2.16. The van der Waals surface area contributed by atoms with E-state index in [1.54, 1.807) is 22.6 Å². The van der Waals surface area contributed by atoms with Gasteiger partial charge in [0.15, 0.2) is 0 Å². The van der Waals surface area contributed by atoms with Crippen molar-refractivity contribution in [3.05, 3.63) is 66.5 Å². The number of hydrogen-bond donors (Lipinski definition) is 2. The van der Waals surface area contributed by atoms with E-state index >= 15 is 0 Å². The van der Waals surface area contributed by atoms with Crippen LogP contribution in [0.2, 0.25) is 0 Å². The van der Waals surface area contributed by atoms with E-state index in [1.807, 2.05) is 37.4 Å². The van der Waals surface area contributed by atoms with Crippen LogP contribution in [-0.4, -0.2) is 16.8 Å². The average molecular weight is 325 g/mol. The van der Waals surface area contributed by atoms with Crippen molar-refractivity contribution in [2.45, 2.75) is 6.54 Å². The molecule has 3 rings (SSSR count). The zero-order valence-corrected chi connectivity index (χ0v) is 14.4. The van der Waals surface area contributed by atoms with Gasteiger partial charge >= 0.3 is 5.95 Å². The highest BCUT2D eigenvalue weighted by Gasteiger charge is 2.03. The fourth-order valence-electron chi connectivity index (χ4n) is 2.18. The largest absolute Gasteiger partial charge is 0.399 e. The van der Waals surface area contributed by atoms with Gasteiger partial charge in [0.1, 0.15) is 0 Å². The van der Waals surface area contributed by atoms with Gasteiger partial charge in [0, 0.05) is 25.0 Å². The molecule has 0 bridgehead atoms. The van der Waals surface area contributed by atoms with E-state index in [1.165, 1.54) is 11.3 Å². The zero-order chi connectivity index (χ0) is 17.5. The Labute approximate surface area is 142 Å². The van der Waals surface area contributed by atoms with Gasteiger partial charge in [-0.25, -0.2) is 4.57 Å². The van der Waals surface area contributed by atoms with Gasteiger partial charge in [-0.2, -0.15) is 0 Å². The van der Waals surface area contributed by atoms with Crippen LogP contribution in [0.5, 0.6) is 0 Å². The van der Waals surface area contributed by atoms with Crippen LogP contribution in [0.1, 0.15) is 5.56 Å². The summed E-state index contributed by atoms with van der Waals surface area (Å²) in [5, 5.41) is 3.87. The molecule has 1 heterocycles. The molecule has 0 saturated carbocycles. The third-order valence-corrected chi connectivity index (χ3v) is 3.69. The number of anilines is 3. The molecule has 126 valence electrons. The molecule has 24 heavy (non-hydrogen) atoms. The van der Waals surface area contributed by atoms with Gasteiger partial charge in [-0.15, -0.1) is 4.68 Å². The Balaban J connectivity index is 0.000000219. The molecule has 4 N–H and O–H groups in total. The van der Waals surface area contributed by atoms with Gasteiger partial charge in [0.2, 0.25) is 6.33 Å². The van der Waals surface area contributed by atoms with E-state index in [9.17, 15) is 0 Å². The van der Waals surface area contributed by atoms with Gasteiger partial charge in [-0.05, 0) is 34.9 Å². The molecule has 1 aromatic heterocycles. The Kier molecular flexibility index (Phi) is 5.78. The van der Waals surface area contributed by atoms with Gasteiger partial charge in [0.05, 0.1) is 14.1 Å². The minimum Gasteiger partial charge on any atom is -0.399 e. The predicted molar refractivity (Wildman–Crippen MR) is 98.2 cm³/mol. The Morgan fingerprint density at radius 1 is 1.04 bits per heavy atom. The Morgan fingerprint density at radius 2 is 1.67 bits per heavy atom. The molecule has 0 fully saturated rings. The van der Waals surface area contributed by atoms with Crippen molar-refractivity contribution in [1.82, 2.24) is 9.78 Å². The SMILES string of the molecule is CN(Cc1ccccc1)c1ccc(N)cc1.Cn1nc[n+](C)c1N. The minimum absolute atomic E-state index is 0.657. The number of hydrogen-bond acceptors (Lipinski definition) is 4. The molecule has 6 heteroatoms. The number of benzene rings is 2. The molecule has 0 saturated heterocycles. The zero-order valence-electron chi connectivity index (χ0n) is 14.4. The summed E-state index contributed by atoms with van der Waals surface area (Å²) >= 11 is 0. The van der Waals surface area contributed by atoms with Crippen LogP contribution in [-0.2, 0) is 20.6 Å². The van der Waals surface area contributed by atoms with Crippen LogP contribution < -0.4 is 20.9 Å². The Morgan fingerprint density at radius 3 is 2.12 bits per heavy atom. The number of rotatable bonds is 3. The highest BCUT2D eigenvalue weighted by atomic mass is 15.4. The highest BCUT2D eigenvalue weighted by molar-refractivity contribution is 5.52. The van der Waals surface area contributed by atoms with Crippen molar-refractivity contribution in [2.24, 2.45) is 14.1 Å². The predicted octanol–water partition coefficient (Wildman–Crippen LogP) is 1.73. The molecule has 0 aliphatic heterocycles. The Hall–Kier alpha value is -3.02. The van der Waals surface area contributed by atoms with Crippen molar-refractivity contribution in [3.8, 4) is 0 Å². The van der Waals surface area contributed by atoms with Crippen LogP contribution >= 0.6 is 0 Å². The van der Waals surface area contributed by atoms with Crippen molar-refractivity contribution in [2.75, 3.05) is 23.4 Å². The summed E-state index contributed by atoms with van der Waals surface area (Å²) in [5.74, 6) is 0.657.